The van der Waals surface area contributed by atoms with Crippen molar-refractivity contribution in [2.24, 2.45) is 5.92 Å². The fraction of sp³-hybridized carbons (Fsp3) is 0.500. The molecule has 1 aliphatic heterocycles. The zero-order chi connectivity index (χ0) is 12.4. The Kier molecular flexibility index (Phi) is 3.48. The van der Waals surface area contributed by atoms with E-state index in [1.165, 1.54) is 0 Å². The topological polar surface area (TPSA) is 40.5 Å². The van der Waals surface area contributed by atoms with Crippen LogP contribution in [0.15, 0.2) is 30.3 Å². The number of piperidine rings is 1. The Bertz CT molecular complexity index is 390. The van der Waals surface area contributed by atoms with Crippen molar-refractivity contribution in [3.05, 3.63) is 35.9 Å². The number of hydrogen-bond acceptors (Lipinski definition) is 2. The van der Waals surface area contributed by atoms with Gasteiger partial charge in [-0.1, -0.05) is 25.1 Å². The van der Waals surface area contributed by atoms with Gasteiger partial charge in [0.25, 0.3) is 5.91 Å². The summed E-state index contributed by atoms with van der Waals surface area (Å²) in [7, 11) is 0. The van der Waals surface area contributed by atoms with E-state index in [1.54, 1.807) is 0 Å². The predicted molar refractivity (Wildman–Crippen MR) is 66.7 cm³/mol. The molecule has 17 heavy (non-hydrogen) atoms. The predicted octanol–water partition coefficient (Wildman–Crippen LogP) is 1.92. The van der Waals surface area contributed by atoms with Crippen LogP contribution in [0.25, 0.3) is 0 Å². The van der Waals surface area contributed by atoms with Crippen molar-refractivity contribution < 1.29 is 9.90 Å². The van der Waals surface area contributed by atoms with Crippen LogP contribution in [0.1, 0.15) is 30.6 Å². The van der Waals surface area contributed by atoms with Gasteiger partial charge in [-0.2, -0.15) is 0 Å². The van der Waals surface area contributed by atoms with E-state index in [4.69, 9.17) is 0 Å². The van der Waals surface area contributed by atoms with E-state index >= 15 is 0 Å². The molecule has 1 fully saturated rings. The van der Waals surface area contributed by atoms with Gasteiger partial charge in [0.15, 0.2) is 0 Å². The first-order valence-corrected chi connectivity index (χ1v) is 6.15. The number of nitrogens with zero attached hydrogens (tertiary/aromatic N) is 1. The summed E-state index contributed by atoms with van der Waals surface area (Å²) in [6.45, 7) is 4.65. The third-order valence-electron chi connectivity index (χ3n) is 3.81. The van der Waals surface area contributed by atoms with Crippen LogP contribution in [0.2, 0.25) is 0 Å². The van der Waals surface area contributed by atoms with Crippen molar-refractivity contribution in [3.8, 4) is 0 Å². The highest BCUT2D eigenvalue weighted by atomic mass is 16.3. The molecular formula is C14H19NO2. The largest absolute Gasteiger partial charge is 0.393 e. The van der Waals surface area contributed by atoms with Crippen LogP contribution in [-0.2, 0) is 0 Å². The van der Waals surface area contributed by atoms with Gasteiger partial charge in [0.05, 0.1) is 6.10 Å². The van der Waals surface area contributed by atoms with E-state index in [0.29, 0.717) is 13.0 Å². The summed E-state index contributed by atoms with van der Waals surface area (Å²) in [5.74, 6) is 0.202. The Labute approximate surface area is 102 Å². The maximum atomic E-state index is 12.3. The Morgan fingerprint density at radius 3 is 2.59 bits per heavy atom. The Hall–Kier alpha value is -1.35. The summed E-state index contributed by atoms with van der Waals surface area (Å²) in [6.07, 6.45) is 0.384. The fourth-order valence-corrected chi connectivity index (χ4v) is 2.38. The smallest absolute Gasteiger partial charge is 0.254 e. The van der Waals surface area contributed by atoms with Gasteiger partial charge >= 0.3 is 0 Å². The lowest BCUT2D eigenvalue weighted by atomic mass is 9.89. The molecule has 2 rings (SSSR count). The van der Waals surface area contributed by atoms with Crippen molar-refractivity contribution in [1.82, 2.24) is 4.90 Å². The molecule has 0 aromatic heterocycles. The summed E-state index contributed by atoms with van der Waals surface area (Å²) in [4.78, 5) is 14.2. The molecule has 1 amide bonds. The minimum absolute atomic E-state index is 0.0665. The Balaban J connectivity index is 2.16. The highest BCUT2D eigenvalue weighted by Crippen LogP contribution is 2.24. The number of aliphatic hydroxyl groups excluding tert-OH is 1. The van der Waals surface area contributed by atoms with Crippen LogP contribution >= 0.6 is 0 Å². The maximum absolute atomic E-state index is 12.3. The van der Waals surface area contributed by atoms with Crippen LogP contribution in [0.3, 0.4) is 0 Å². The average Bonchev–Trinajstić information content (AvgIpc) is 2.36. The maximum Gasteiger partial charge on any atom is 0.254 e. The molecule has 1 heterocycles. The fourth-order valence-electron chi connectivity index (χ4n) is 2.38. The van der Waals surface area contributed by atoms with Gasteiger partial charge in [0.2, 0.25) is 0 Å². The van der Waals surface area contributed by atoms with Crippen molar-refractivity contribution in [2.75, 3.05) is 6.54 Å². The van der Waals surface area contributed by atoms with Gasteiger partial charge in [-0.15, -0.1) is 0 Å². The van der Waals surface area contributed by atoms with E-state index in [0.717, 1.165) is 5.56 Å². The van der Waals surface area contributed by atoms with Gasteiger partial charge in [0.1, 0.15) is 0 Å². The number of amides is 1. The van der Waals surface area contributed by atoms with Gasteiger partial charge < -0.3 is 10.0 Å². The molecule has 92 valence electrons. The molecule has 0 aliphatic carbocycles. The minimum atomic E-state index is -0.287. The summed E-state index contributed by atoms with van der Waals surface area (Å²) in [5, 5.41) is 9.78. The molecule has 0 bridgehead atoms. The molecule has 1 aromatic carbocycles. The van der Waals surface area contributed by atoms with Gasteiger partial charge in [-0.25, -0.2) is 0 Å². The van der Waals surface area contributed by atoms with Crippen molar-refractivity contribution in [3.63, 3.8) is 0 Å². The molecular weight excluding hydrogens is 214 g/mol. The molecule has 3 unspecified atom stereocenters. The number of benzene rings is 1. The molecule has 1 saturated heterocycles. The van der Waals surface area contributed by atoms with Gasteiger partial charge in [-0.05, 0) is 25.5 Å². The van der Waals surface area contributed by atoms with E-state index in [9.17, 15) is 9.90 Å². The summed E-state index contributed by atoms with van der Waals surface area (Å²) in [6, 6.07) is 9.42. The second-order valence-electron chi connectivity index (χ2n) is 4.82. The van der Waals surface area contributed by atoms with E-state index < -0.39 is 0 Å². The lowest BCUT2D eigenvalue weighted by molar-refractivity contribution is 0.00269. The zero-order valence-electron chi connectivity index (χ0n) is 10.3. The number of aliphatic hydroxyl groups is 1. The zero-order valence-corrected chi connectivity index (χ0v) is 10.3. The number of likely N-dealkylation sites (tertiary alicyclic amines) is 1. The van der Waals surface area contributed by atoms with Gasteiger partial charge in [0, 0.05) is 24.1 Å². The first-order valence-electron chi connectivity index (χ1n) is 6.15. The molecule has 0 spiro atoms. The molecule has 1 aromatic rings. The molecule has 0 saturated carbocycles. The van der Waals surface area contributed by atoms with Gasteiger partial charge in [-0.3, -0.25) is 4.79 Å². The van der Waals surface area contributed by atoms with Crippen LogP contribution in [0.5, 0.6) is 0 Å². The number of carbonyl (C=O) groups excluding carboxylic acids is 1. The molecule has 3 nitrogen and oxygen atoms in total. The normalized spacial score (nSPS) is 29.1. The molecule has 1 aliphatic rings. The minimum Gasteiger partial charge on any atom is -0.393 e. The second-order valence-corrected chi connectivity index (χ2v) is 4.82. The first-order chi connectivity index (χ1) is 8.11. The first kappa shape index (κ1) is 12.1. The third-order valence-corrected chi connectivity index (χ3v) is 3.81. The lowest BCUT2D eigenvalue weighted by Crippen LogP contribution is -2.51. The van der Waals surface area contributed by atoms with E-state index in [1.807, 2.05) is 49.1 Å². The highest BCUT2D eigenvalue weighted by molar-refractivity contribution is 5.94. The van der Waals surface area contributed by atoms with Crippen LogP contribution < -0.4 is 0 Å². The molecule has 0 radical (unpaired) electrons. The number of rotatable bonds is 1. The van der Waals surface area contributed by atoms with Crippen molar-refractivity contribution in [1.29, 1.82) is 0 Å². The van der Waals surface area contributed by atoms with Crippen LogP contribution in [-0.4, -0.2) is 34.6 Å². The molecule has 1 N–H and O–H groups in total. The number of hydrogen-bond donors (Lipinski definition) is 1. The highest BCUT2D eigenvalue weighted by Gasteiger charge is 2.33. The standard InChI is InChI=1S/C14H19NO2/c1-10-11(2)15(9-8-13(10)16)14(17)12-6-4-3-5-7-12/h3-7,10-11,13,16H,8-9H2,1-2H3. The second kappa shape index (κ2) is 4.88. The van der Waals surface area contributed by atoms with Crippen molar-refractivity contribution >= 4 is 5.91 Å². The lowest BCUT2D eigenvalue weighted by Gasteiger charge is -2.40. The van der Waals surface area contributed by atoms with E-state index in [-0.39, 0.29) is 24.0 Å². The van der Waals surface area contributed by atoms with Crippen LogP contribution in [0.4, 0.5) is 0 Å². The van der Waals surface area contributed by atoms with Crippen LogP contribution in [0, 0.1) is 5.92 Å². The average molecular weight is 233 g/mol. The van der Waals surface area contributed by atoms with E-state index in [2.05, 4.69) is 0 Å². The summed E-state index contributed by atoms with van der Waals surface area (Å²) in [5.41, 5.74) is 0.725. The monoisotopic (exact) mass is 233 g/mol. The Morgan fingerprint density at radius 1 is 1.29 bits per heavy atom. The third kappa shape index (κ3) is 2.34. The molecule has 3 heteroatoms. The number of carbonyl (C=O) groups is 1. The Morgan fingerprint density at radius 2 is 1.94 bits per heavy atom. The SMILES string of the molecule is CC1C(O)CCN(C(=O)c2ccccc2)C1C. The summed E-state index contributed by atoms with van der Waals surface area (Å²) < 4.78 is 0. The van der Waals surface area contributed by atoms with Crippen molar-refractivity contribution in [2.45, 2.75) is 32.4 Å². The molecule has 3 atom stereocenters. The quantitative estimate of drug-likeness (QED) is 0.805. The summed E-state index contributed by atoms with van der Waals surface area (Å²) >= 11 is 0.